The fourth-order valence-corrected chi connectivity index (χ4v) is 2.62. The van der Waals surface area contributed by atoms with Crippen molar-refractivity contribution in [2.45, 2.75) is 36.7 Å². The maximum atomic E-state index is 12.3. The van der Waals surface area contributed by atoms with Gasteiger partial charge in [-0.25, -0.2) is 0 Å². The molecule has 1 aromatic rings. The molecule has 21 heavy (non-hydrogen) atoms. The highest BCUT2D eigenvalue weighted by atomic mass is 32.2. The second kappa shape index (κ2) is 8.06. The van der Waals surface area contributed by atoms with E-state index in [1.807, 2.05) is 7.05 Å². The van der Waals surface area contributed by atoms with Crippen LogP contribution in [0.1, 0.15) is 31.9 Å². The first-order valence-corrected chi connectivity index (χ1v) is 7.80. The van der Waals surface area contributed by atoms with Crippen LogP contribution in [0.3, 0.4) is 0 Å². The Morgan fingerprint density at radius 2 is 1.76 bits per heavy atom. The average Bonchev–Trinajstić information content (AvgIpc) is 2.37. The summed E-state index contributed by atoms with van der Waals surface area (Å²) < 4.78 is 36.9. The summed E-state index contributed by atoms with van der Waals surface area (Å²) in [6.45, 7) is 5.68. The van der Waals surface area contributed by atoms with Crippen LogP contribution >= 0.6 is 11.8 Å². The van der Waals surface area contributed by atoms with E-state index in [0.717, 1.165) is 18.5 Å². The molecule has 0 amide bonds. The Morgan fingerprint density at radius 1 is 1.19 bits per heavy atom. The van der Waals surface area contributed by atoms with Gasteiger partial charge in [-0.1, -0.05) is 26.0 Å². The van der Waals surface area contributed by atoms with Gasteiger partial charge in [-0.05, 0) is 55.4 Å². The lowest BCUT2D eigenvalue weighted by Gasteiger charge is -2.28. The van der Waals surface area contributed by atoms with Gasteiger partial charge in [-0.3, -0.25) is 4.90 Å². The Bertz CT molecular complexity index is 418. The molecule has 0 radical (unpaired) electrons. The minimum atomic E-state index is -4.25. The maximum absolute atomic E-state index is 12.3. The standard InChI is InChI=1S/C15H23F3N2S/c1-11(2)8-9-20(3)14(10-19)12-4-6-13(7-5-12)21-15(16,17)18/h4-7,11,14H,8-10,19H2,1-3H3. The first-order valence-electron chi connectivity index (χ1n) is 6.99. The molecule has 0 aromatic heterocycles. The summed E-state index contributed by atoms with van der Waals surface area (Å²) >= 11 is -0.0935. The fourth-order valence-electron chi connectivity index (χ4n) is 2.08. The second-order valence-electron chi connectivity index (χ2n) is 5.53. The Kier molecular flexibility index (Phi) is 7.03. The average molecular weight is 320 g/mol. The summed E-state index contributed by atoms with van der Waals surface area (Å²) in [5.74, 6) is 0.608. The molecule has 6 heteroatoms. The lowest BCUT2D eigenvalue weighted by atomic mass is 10.0. The number of benzene rings is 1. The molecule has 0 spiro atoms. The van der Waals surface area contributed by atoms with E-state index in [4.69, 9.17) is 5.73 Å². The number of thioether (sulfide) groups is 1. The van der Waals surface area contributed by atoms with E-state index >= 15 is 0 Å². The molecule has 1 unspecified atom stereocenters. The van der Waals surface area contributed by atoms with Crippen LogP contribution in [0.25, 0.3) is 0 Å². The summed E-state index contributed by atoms with van der Waals surface area (Å²) in [6.07, 6.45) is 1.06. The van der Waals surface area contributed by atoms with E-state index < -0.39 is 5.51 Å². The molecule has 0 aliphatic carbocycles. The molecule has 0 saturated heterocycles. The number of hydrogen-bond acceptors (Lipinski definition) is 3. The van der Waals surface area contributed by atoms with Crippen molar-refractivity contribution in [3.05, 3.63) is 29.8 Å². The van der Waals surface area contributed by atoms with Crippen molar-refractivity contribution in [2.75, 3.05) is 20.1 Å². The Morgan fingerprint density at radius 3 is 2.19 bits per heavy atom. The van der Waals surface area contributed by atoms with Crippen molar-refractivity contribution in [1.29, 1.82) is 0 Å². The highest BCUT2D eigenvalue weighted by Gasteiger charge is 2.29. The lowest BCUT2D eigenvalue weighted by Crippen LogP contribution is -2.31. The minimum Gasteiger partial charge on any atom is -0.329 e. The normalized spacial score (nSPS) is 14.0. The number of alkyl halides is 3. The van der Waals surface area contributed by atoms with Crippen LogP contribution in [0.5, 0.6) is 0 Å². The van der Waals surface area contributed by atoms with Gasteiger partial charge in [-0.2, -0.15) is 13.2 Å². The largest absolute Gasteiger partial charge is 0.446 e. The third-order valence-corrected chi connectivity index (χ3v) is 4.05. The number of nitrogens with zero attached hydrogens (tertiary/aromatic N) is 1. The van der Waals surface area contributed by atoms with Gasteiger partial charge in [0.05, 0.1) is 0 Å². The van der Waals surface area contributed by atoms with Crippen LogP contribution in [-0.2, 0) is 0 Å². The van der Waals surface area contributed by atoms with Gasteiger partial charge in [0.2, 0.25) is 0 Å². The third kappa shape index (κ3) is 6.72. The van der Waals surface area contributed by atoms with E-state index in [9.17, 15) is 13.2 Å². The second-order valence-corrected chi connectivity index (χ2v) is 6.67. The number of rotatable bonds is 7. The smallest absolute Gasteiger partial charge is 0.329 e. The summed E-state index contributed by atoms with van der Waals surface area (Å²) in [4.78, 5) is 2.36. The maximum Gasteiger partial charge on any atom is 0.446 e. The number of halogens is 3. The van der Waals surface area contributed by atoms with Crippen molar-refractivity contribution in [3.63, 3.8) is 0 Å². The quantitative estimate of drug-likeness (QED) is 0.761. The van der Waals surface area contributed by atoms with Crippen molar-refractivity contribution in [1.82, 2.24) is 4.90 Å². The van der Waals surface area contributed by atoms with Crippen molar-refractivity contribution < 1.29 is 13.2 Å². The van der Waals surface area contributed by atoms with Gasteiger partial charge in [0.1, 0.15) is 0 Å². The van der Waals surface area contributed by atoms with Gasteiger partial charge in [0, 0.05) is 17.5 Å². The predicted molar refractivity (Wildman–Crippen MR) is 82.2 cm³/mol. The van der Waals surface area contributed by atoms with Gasteiger partial charge < -0.3 is 5.73 Å². The summed E-state index contributed by atoms with van der Waals surface area (Å²) in [5, 5.41) is 0. The highest BCUT2D eigenvalue weighted by Crippen LogP contribution is 2.37. The van der Waals surface area contributed by atoms with E-state index in [1.165, 1.54) is 12.1 Å². The van der Waals surface area contributed by atoms with Gasteiger partial charge in [-0.15, -0.1) is 0 Å². The molecule has 0 heterocycles. The van der Waals surface area contributed by atoms with Crippen LogP contribution in [0.2, 0.25) is 0 Å². The zero-order valence-electron chi connectivity index (χ0n) is 12.7. The van der Waals surface area contributed by atoms with Crippen LogP contribution in [0.15, 0.2) is 29.2 Å². The van der Waals surface area contributed by atoms with E-state index in [0.29, 0.717) is 12.5 Å². The number of hydrogen-bond donors (Lipinski definition) is 1. The van der Waals surface area contributed by atoms with E-state index in [1.54, 1.807) is 12.1 Å². The van der Waals surface area contributed by atoms with E-state index in [-0.39, 0.29) is 22.7 Å². The third-order valence-electron chi connectivity index (χ3n) is 3.31. The molecular weight excluding hydrogens is 297 g/mol. The minimum absolute atomic E-state index is 0.0358. The molecule has 1 aromatic carbocycles. The molecule has 0 saturated carbocycles. The lowest BCUT2D eigenvalue weighted by molar-refractivity contribution is -0.0328. The van der Waals surface area contributed by atoms with Gasteiger partial charge in [0.25, 0.3) is 0 Å². The molecule has 1 rings (SSSR count). The zero-order chi connectivity index (χ0) is 16.0. The Hall–Kier alpha value is -0.720. The predicted octanol–water partition coefficient (Wildman–Crippen LogP) is 4.28. The first kappa shape index (κ1) is 18.3. The SMILES string of the molecule is CC(C)CCN(C)C(CN)c1ccc(SC(F)(F)F)cc1. The van der Waals surface area contributed by atoms with Crippen LogP contribution in [0, 0.1) is 5.92 Å². The van der Waals surface area contributed by atoms with Gasteiger partial charge >= 0.3 is 5.51 Å². The van der Waals surface area contributed by atoms with Crippen LogP contribution in [0.4, 0.5) is 13.2 Å². The molecule has 1 atom stereocenters. The van der Waals surface area contributed by atoms with E-state index in [2.05, 4.69) is 18.7 Å². The molecular formula is C15H23F3N2S. The van der Waals surface area contributed by atoms with Crippen molar-refractivity contribution >= 4 is 11.8 Å². The molecule has 0 fully saturated rings. The molecule has 120 valence electrons. The first-order chi connectivity index (χ1) is 9.73. The van der Waals surface area contributed by atoms with Crippen molar-refractivity contribution in [3.8, 4) is 0 Å². The molecule has 0 aliphatic heterocycles. The summed E-state index contributed by atoms with van der Waals surface area (Å²) in [6, 6.07) is 6.52. The Labute approximate surface area is 128 Å². The summed E-state index contributed by atoms with van der Waals surface area (Å²) in [5.41, 5.74) is 2.53. The molecule has 2 nitrogen and oxygen atoms in total. The molecule has 0 bridgehead atoms. The van der Waals surface area contributed by atoms with Gasteiger partial charge in [0.15, 0.2) is 0 Å². The number of nitrogens with two attached hydrogens (primary N) is 1. The molecule has 2 N–H and O–H groups in total. The Balaban J connectivity index is 2.73. The van der Waals surface area contributed by atoms with Crippen LogP contribution in [-0.4, -0.2) is 30.5 Å². The van der Waals surface area contributed by atoms with Crippen molar-refractivity contribution in [2.24, 2.45) is 11.7 Å². The summed E-state index contributed by atoms with van der Waals surface area (Å²) in [7, 11) is 2.00. The zero-order valence-corrected chi connectivity index (χ0v) is 13.5. The number of likely N-dealkylation sites (N-methyl/N-ethyl adjacent to an activating group) is 1. The topological polar surface area (TPSA) is 29.3 Å². The fraction of sp³-hybridized carbons (Fsp3) is 0.600. The van der Waals surface area contributed by atoms with Crippen LogP contribution < -0.4 is 5.73 Å². The monoisotopic (exact) mass is 320 g/mol. The highest BCUT2D eigenvalue weighted by molar-refractivity contribution is 8.00. The molecule has 0 aliphatic rings.